The number of nitrogens with one attached hydrogen (secondary N) is 1. The van der Waals surface area contributed by atoms with Gasteiger partial charge in [0, 0.05) is 19.9 Å². The molecule has 3 rings (SSSR count). The Morgan fingerprint density at radius 3 is 2.20 bits per heavy atom. The number of aliphatic carboxylic acids is 1. The van der Waals surface area contributed by atoms with Crippen molar-refractivity contribution < 1.29 is 124 Å². The van der Waals surface area contributed by atoms with E-state index in [-0.39, 0.29) is 42.7 Å². The predicted molar refractivity (Wildman–Crippen MR) is 154 cm³/mol. The minimum atomic E-state index is -2.86. The summed E-state index contributed by atoms with van der Waals surface area (Å²) in [5.74, 6) is -6.19. The number of hydrogen-bond donors (Lipinski definition) is 12. The van der Waals surface area contributed by atoms with Crippen LogP contribution in [0.3, 0.4) is 0 Å². The fraction of sp³-hybridized carbons (Fsp3) is 0.889. The van der Waals surface area contributed by atoms with Gasteiger partial charge in [0.15, 0.2) is 12.6 Å². The third kappa shape index (κ3) is 10.5. The number of carbonyl (C=O) groups is 2. The minimum Gasteiger partial charge on any atom is -0.862 e. The zero-order valence-electron chi connectivity index (χ0n) is 27.6. The molecular weight excluding hydrogens is 693 g/mol. The summed E-state index contributed by atoms with van der Waals surface area (Å²) in [6, 6.07) is -2.90. The molecular formula is C27H46N3NaO19. The Balaban J connectivity index is 0.00000867. The number of amides is 1. The van der Waals surface area contributed by atoms with Crippen LogP contribution in [0.25, 0.3) is 0 Å². The summed E-state index contributed by atoms with van der Waals surface area (Å²) >= 11 is 0. The molecule has 16 atom stereocenters. The van der Waals surface area contributed by atoms with Gasteiger partial charge in [-0.3, -0.25) is 9.79 Å². The van der Waals surface area contributed by atoms with Gasteiger partial charge in [-0.05, 0) is 12.8 Å². The van der Waals surface area contributed by atoms with E-state index < -0.39 is 142 Å². The maximum Gasteiger partial charge on any atom is 1.00 e. The number of ether oxygens (including phenoxy) is 6. The van der Waals surface area contributed by atoms with E-state index in [4.69, 9.17) is 34.2 Å². The largest absolute Gasteiger partial charge is 1.00 e. The van der Waals surface area contributed by atoms with Crippen LogP contribution in [-0.2, 0) is 38.0 Å². The van der Waals surface area contributed by atoms with Crippen molar-refractivity contribution in [2.24, 2.45) is 10.7 Å². The molecule has 3 aliphatic rings. The van der Waals surface area contributed by atoms with Crippen LogP contribution in [0.4, 0.5) is 0 Å². The molecule has 50 heavy (non-hydrogen) atoms. The van der Waals surface area contributed by atoms with E-state index in [0.717, 1.165) is 13.8 Å². The van der Waals surface area contributed by atoms with Crippen LogP contribution in [0.5, 0.6) is 0 Å². The summed E-state index contributed by atoms with van der Waals surface area (Å²) in [5, 5.41) is 118. The summed E-state index contributed by atoms with van der Waals surface area (Å²) in [6.45, 7) is -0.645. The molecule has 284 valence electrons. The summed E-state index contributed by atoms with van der Waals surface area (Å²) in [6.07, 6.45) is -24.3. The predicted octanol–water partition coefficient (Wildman–Crippen LogP) is -11.5. The molecule has 0 spiro atoms. The van der Waals surface area contributed by atoms with Crippen LogP contribution >= 0.6 is 0 Å². The number of aliphatic imine (C=N–C) groups is 1. The van der Waals surface area contributed by atoms with Crippen molar-refractivity contribution in [2.75, 3.05) is 33.0 Å². The van der Waals surface area contributed by atoms with Gasteiger partial charge in [-0.25, -0.2) is 4.79 Å². The second-order valence-corrected chi connectivity index (χ2v) is 11.8. The number of aliphatic hydroxyl groups excluding tert-OH is 9. The molecule has 3 fully saturated rings. The van der Waals surface area contributed by atoms with Crippen LogP contribution in [0.1, 0.15) is 20.3 Å². The Hall–Kier alpha value is -1.23. The summed E-state index contributed by atoms with van der Waals surface area (Å²) in [7, 11) is 0. The van der Waals surface area contributed by atoms with E-state index in [2.05, 4.69) is 10.3 Å². The first kappa shape index (κ1) is 44.9. The third-order valence-corrected chi connectivity index (χ3v) is 8.17. The van der Waals surface area contributed by atoms with Gasteiger partial charge in [0.1, 0.15) is 73.1 Å². The van der Waals surface area contributed by atoms with Crippen molar-refractivity contribution in [1.82, 2.24) is 5.32 Å². The quantitative estimate of drug-likeness (QED) is 0.0421. The normalized spacial score (nSPS) is 40.7. The monoisotopic (exact) mass is 739 g/mol. The summed E-state index contributed by atoms with van der Waals surface area (Å²) in [5.41, 5.74) is 5.46. The second kappa shape index (κ2) is 19.7. The van der Waals surface area contributed by atoms with E-state index in [1.54, 1.807) is 0 Å². The Labute approximate surface area is 307 Å². The number of carboxylic acids is 1. The Morgan fingerprint density at radius 1 is 1.02 bits per heavy atom. The van der Waals surface area contributed by atoms with Gasteiger partial charge in [0.2, 0.25) is 5.91 Å². The number of nitrogens with zero attached hydrogens (tertiary/aromatic N) is 1. The molecule has 0 radical (unpaired) electrons. The molecule has 0 aromatic rings. The number of carboxylic acid groups (broad SMARTS) is 1. The molecule has 0 bridgehead atoms. The average molecular weight is 740 g/mol. The van der Waals surface area contributed by atoms with E-state index in [9.17, 15) is 65.8 Å². The van der Waals surface area contributed by atoms with E-state index in [1.807, 2.05) is 0 Å². The van der Waals surface area contributed by atoms with Crippen molar-refractivity contribution in [2.45, 2.75) is 118 Å². The molecule has 16 unspecified atom stereocenters. The maximum absolute atomic E-state index is 12.5. The number of aliphatic hydroxyl groups is 9. The van der Waals surface area contributed by atoms with Crippen molar-refractivity contribution >= 4 is 17.8 Å². The van der Waals surface area contributed by atoms with E-state index >= 15 is 0 Å². The Morgan fingerprint density at radius 2 is 1.66 bits per heavy atom. The SMILES string of the molecule is CC(=O)NC1C(OCCN)OC(CO)C(OC2OC(COC3(C(=O)O)CC(O)C(N=C(C)[O-])C(C(O)C(O)CO)O3)C(O)C(O)C2O)C1O.[Na+]. The van der Waals surface area contributed by atoms with Gasteiger partial charge in [-0.15, -0.1) is 0 Å². The molecule has 3 heterocycles. The third-order valence-electron chi connectivity index (χ3n) is 8.17. The number of hydrogen-bond acceptors (Lipinski definition) is 20. The van der Waals surface area contributed by atoms with Crippen molar-refractivity contribution in [3.63, 3.8) is 0 Å². The molecule has 0 aromatic heterocycles. The van der Waals surface area contributed by atoms with Gasteiger partial charge < -0.3 is 95.6 Å². The van der Waals surface area contributed by atoms with Crippen molar-refractivity contribution in [1.29, 1.82) is 0 Å². The van der Waals surface area contributed by atoms with Gasteiger partial charge in [0.05, 0.1) is 32.5 Å². The van der Waals surface area contributed by atoms with Crippen molar-refractivity contribution in [3.05, 3.63) is 0 Å². The second-order valence-electron chi connectivity index (χ2n) is 11.8. The standard InChI is InChI=1S/C27H47N3O19.Na/c1-9(33)29-15-11(35)5-27(26(42)43,49-23(15)17(37)12(36)6-31)45-8-14-18(38)20(40)21(41)25(47-14)48-22-13(7-32)46-24(44-4-3-28)16(19(22)39)30-10(2)34;/h11-25,31-32,35-41H,3-8,28H2,1-2H3,(H,29,33)(H,30,34)(H,42,43);/q;+1/p-1. The molecule has 3 aliphatic heterocycles. The summed E-state index contributed by atoms with van der Waals surface area (Å²) in [4.78, 5) is 28.0. The molecule has 3 saturated heterocycles. The Bertz CT molecular complexity index is 1120. The first-order chi connectivity index (χ1) is 23.0. The first-order valence-electron chi connectivity index (χ1n) is 15.3. The van der Waals surface area contributed by atoms with Crippen LogP contribution < -0.4 is 45.7 Å². The van der Waals surface area contributed by atoms with Crippen LogP contribution in [-0.4, -0.2) is 199 Å². The number of carbonyl (C=O) groups excluding carboxylic acids is 1. The van der Waals surface area contributed by atoms with Gasteiger partial charge in [-0.1, -0.05) is 0 Å². The molecule has 0 saturated carbocycles. The minimum absolute atomic E-state index is 0. The topological polar surface area (TPSA) is 365 Å². The zero-order valence-corrected chi connectivity index (χ0v) is 29.6. The molecule has 0 aliphatic carbocycles. The molecule has 13 N–H and O–H groups in total. The van der Waals surface area contributed by atoms with Crippen LogP contribution in [0.15, 0.2) is 4.99 Å². The summed E-state index contributed by atoms with van der Waals surface area (Å²) < 4.78 is 33.4. The fourth-order valence-electron chi connectivity index (χ4n) is 5.70. The molecule has 23 heteroatoms. The average Bonchev–Trinajstić information content (AvgIpc) is 3.05. The number of rotatable bonds is 15. The fourth-order valence-corrected chi connectivity index (χ4v) is 5.70. The van der Waals surface area contributed by atoms with Crippen LogP contribution in [0, 0.1) is 0 Å². The molecule has 22 nitrogen and oxygen atoms in total. The van der Waals surface area contributed by atoms with E-state index in [1.165, 1.54) is 0 Å². The number of nitrogens with two attached hydrogens (primary N) is 1. The van der Waals surface area contributed by atoms with Gasteiger partial charge in [-0.2, -0.15) is 0 Å². The molecule has 0 aromatic carbocycles. The zero-order chi connectivity index (χ0) is 36.8. The smallest absolute Gasteiger partial charge is 0.862 e. The maximum atomic E-state index is 12.5. The van der Waals surface area contributed by atoms with Gasteiger partial charge in [0.25, 0.3) is 5.79 Å². The molecule has 1 amide bonds. The van der Waals surface area contributed by atoms with Crippen LogP contribution in [0.2, 0.25) is 0 Å². The van der Waals surface area contributed by atoms with Crippen molar-refractivity contribution in [3.8, 4) is 0 Å². The van der Waals surface area contributed by atoms with E-state index in [0.29, 0.717) is 0 Å². The van der Waals surface area contributed by atoms with Gasteiger partial charge >= 0.3 is 35.5 Å². The first-order valence-corrected chi connectivity index (χ1v) is 15.3. The Kier molecular flexibility index (Phi) is 17.7.